The van der Waals surface area contributed by atoms with Gasteiger partial charge in [-0.3, -0.25) is 9.69 Å². The summed E-state index contributed by atoms with van der Waals surface area (Å²) in [4.78, 5) is 14.4. The molecule has 0 N–H and O–H groups in total. The summed E-state index contributed by atoms with van der Waals surface area (Å²) in [5.74, 6) is -0.322. The Labute approximate surface area is 125 Å². The molecule has 0 radical (unpaired) electrons. The minimum Gasteiger partial charge on any atom is -0.292 e. The van der Waals surface area contributed by atoms with E-state index in [2.05, 4.69) is 25.1 Å². The number of rotatable bonds is 5. The topological polar surface area (TPSA) is 20.3 Å². The van der Waals surface area contributed by atoms with Crippen molar-refractivity contribution in [1.82, 2.24) is 4.90 Å². The molecule has 21 heavy (non-hydrogen) atoms. The van der Waals surface area contributed by atoms with Gasteiger partial charge in [0.1, 0.15) is 5.82 Å². The summed E-state index contributed by atoms with van der Waals surface area (Å²) in [5.41, 5.74) is 2.93. The lowest BCUT2D eigenvalue weighted by molar-refractivity contribution is 0.0862. The molecule has 0 aliphatic carbocycles. The lowest BCUT2D eigenvalue weighted by Crippen LogP contribution is -2.35. The minimum atomic E-state index is -0.327. The summed E-state index contributed by atoms with van der Waals surface area (Å²) < 4.78 is 12.9. The van der Waals surface area contributed by atoms with Crippen LogP contribution in [0.2, 0.25) is 0 Å². The first-order chi connectivity index (χ1) is 9.97. The molecular weight excluding hydrogens is 265 g/mol. The van der Waals surface area contributed by atoms with Crippen LogP contribution < -0.4 is 0 Å². The van der Waals surface area contributed by atoms with Crippen LogP contribution in [0, 0.1) is 12.7 Å². The molecule has 2 nitrogen and oxygen atoms in total. The highest BCUT2D eigenvalue weighted by atomic mass is 19.1. The van der Waals surface area contributed by atoms with Crippen LogP contribution in [-0.4, -0.2) is 23.8 Å². The van der Waals surface area contributed by atoms with Crippen molar-refractivity contribution in [3.63, 3.8) is 0 Å². The van der Waals surface area contributed by atoms with Crippen molar-refractivity contribution in [2.24, 2.45) is 0 Å². The SMILES string of the molecule is Cc1cccc(CN(C)C(C)C(=O)c2ccc(F)cc2)c1. The van der Waals surface area contributed by atoms with Crippen molar-refractivity contribution in [3.05, 3.63) is 71.0 Å². The maximum atomic E-state index is 12.9. The zero-order valence-electron chi connectivity index (χ0n) is 12.6. The second-order valence-corrected chi connectivity index (χ2v) is 5.45. The number of likely N-dealkylation sites (N-methyl/N-ethyl adjacent to an activating group) is 1. The number of aryl methyl sites for hydroxylation is 1. The lowest BCUT2D eigenvalue weighted by atomic mass is 10.0. The van der Waals surface area contributed by atoms with E-state index in [-0.39, 0.29) is 17.6 Å². The van der Waals surface area contributed by atoms with Crippen LogP contribution >= 0.6 is 0 Å². The Bertz CT molecular complexity index is 621. The number of carbonyl (C=O) groups excluding carboxylic acids is 1. The van der Waals surface area contributed by atoms with Gasteiger partial charge in [0, 0.05) is 12.1 Å². The summed E-state index contributed by atoms with van der Waals surface area (Å²) in [6, 6.07) is 13.7. The van der Waals surface area contributed by atoms with Crippen LogP contribution in [0.1, 0.15) is 28.4 Å². The summed E-state index contributed by atoms with van der Waals surface area (Å²) >= 11 is 0. The highest BCUT2D eigenvalue weighted by Crippen LogP contribution is 2.13. The van der Waals surface area contributed by atoms with Gasteiger partial charge in [-0.15, -0.1) is 0 Å². The third kappa shape index (κ3) is 3.99. The Morgan fingerprint density at radius 2 is 1.86 bits per heavy atom. The Kier molecular flexibility index (Phi) is 4.86. The van der Waals surface area contributed by atoms with Crippen molar-refractivity contribution >= 4 is 5.78 Å². The van der Waals surface area contributed by atoms with Crippen LogP contribution in [-0.2, 0) is 6.54 Å². The quantitative estimate of drug-likeness (QED) is 0.778. The standard InChI is InChI=1S/C18H20FNO/c1-13-5-4-6-15(11-13)12-20(3)14(2)18(21)16-7-9-17(19)10-8-16/h4-11,14H,12H2,1-3H3. The lowest BCUT2D eigenvalue weighted by Gasteiger charge is -2.24. The van der Waals surface area contributed by atoms with Crippen molar-refractivity contribution in [2.75, 3.05) is 7.05 Å². The van der Waals surface area contributed by atoms with E-state index < -0.39 is 0 Å². The van der Waals surface area contributed by atoms with Gasteiger partial charge >= 0.3 is 0 Å². The van der Waals surface area contributed by atoms with E-state index in [1.54, 1.807) is 0 Å². The Hall–Kier alpha value is -2.00. The van der Waals surface area contributed by atoms with Crippen molar-refractivity contribution in [3.8, 4) is 0 Å². The number of ketones is 1. The van der Waals surface area contributed by atoms with Gasteiger partial charge in [0.15, 0.2) is 5.78 Å². The molecule has 2 aromatic carbocycles. The van der Waals surface area contributed by atoms with E-state index in [9.17, 15) is 9.18 Å². The van der Waals surface area contributed by atoms with Crippen LogP contribution in [0.15, 0.2) is 48.5 Å². The van der Waals surface area contributed by atoms with Crippen LogP contribution in [0.4, 0.5) is 4.39 Å². The predicted octanol–water partition coefficient (Wildman–Crippen LogP) is 3.84. The molecule has 0 bridgehead atoms. The maximum absolute atomic E-state index is 12.9. The number of carbonyl (C=O) groups is 1. The number of benzene rings is 2. The molecule has 0 saturated heterocycles. The fourth-order valence-electron chi connectivity index (χ4n) is 2.29. The molecule has 3 heteroatoms. The summed E-state index contributed by atoms with van der Waals surface area (Å²) in [6.45, 7) is 4.63. The molecule has 1 unspecified atom stereocenters. The first-order valence-corrected chi connectivity index (χ1v) is 7.03. The molecule has 0 aliphatic heterocycles. The second kappa shape index (κ2) is 6.64. The van der Waals surface area contributed by atoms with Gasteiger partial charge < -0.3 is 0 Å². The Morgan fingerprint density at radius 1 is 1.19 bits per heavy atom. The molecule has 0 aliphatic rings. The van der Waals surface area contributed by atoms with Crippen molar-refractivity contribution in [2.45, 2.75) is 26.4 Å². The van der Waals surface area contributed by atoms with E-state index in [4.69, 9.17) is 0 Å². The molecule has 0 saturated carbocycles. The third-order valence-electron chi connectivity index (χ3n) is 3.68. The summed E-state index contributed by atoms with van der Waals surface area (Å²) in [6.07, 6.45) is 0. The Balaban J connectivity index is 2.06. The van der Waals surface area contributed by atoms with Gasteiger partial charge in [0.2, 0.25) is 0 Å². The number of halogens is 1. The van der Waals surface area contributed by atoms with Crippen LogP contribution in [0.3, 0.4) is 0 Å². The molecular formula is C18H20FNO. The normalized spacial score (nSPS) is 12.4. The number of hydrogen-bond acceptors (Lipinski definition) is 2. The molecule has 2 rings (SSSR count). The van der Waals surface area contributed by atoms with E-state index in [0.717, 1.165) is 0 Å². The molecule has 2 aromatic rings. The highest BCUT2D eigenvalue weighted by Gasteiger charge is 2.19. The smallest absolute Gasteiger partial charge is 0.179 e. The minimum absolute atomic E-state index is 0.00477. The molecule has 0 spiro atoms. The highest BCUT2D eigenvalue weighted by molar-refractivity contribution is 5.99. The number of Topliss-reactive ketones (excluding diaryl/α,β-unsaturated/α-hetero) is 1. The molecule has 0 fully saturated rings. The predicted molar refractivity (Wildman–Crippen MR) is 82.8 cm³/mol. The fraction of sp³-hybridized carbons (Fsp3) is 0.278. The molecule has 1 atom stereocenters. The molecule has 0 amide bonds. The maximum Gasteiger partial charge on any atom is 0.179 e. The molecule has 0 heterocycles. The van der Waals surface area contributed by atoms with Crippen LogP contribution in [0.5, 0.6) is 0 Å². The zero-order valence-corrected chi connectivity index (χ0v) is 12.6. The van der Waals surface area contributed by atoms with Gasteiger partial charge in [0.25, 0.3) is 0 Å². The first-order valence-electron chi connectivity index (χ1n) is 7.03. The summed E-state index contributed by atoms with van der Waals surface area (Å²) in [7, 11) is 1.93. The van der Waals surface area contributed by atoms with Gasteiger partial charge in [-0.25, -0.2) is 4.39 Å². The second-order valence-electron chi connectivity index (χ2n) is 5.45. The Morgan fingerprint density at radius 3 is 2.48 bits per heavy atom. The van der Waals surface area contributed by atoms with E-state index in [0.29, 0.717) is 12.1 Å². The average molecular weight is 285 g/mol. The zero-order chi connectivity index (χ0) is 15.4. The van der Waals surface area contributed by atoms with Gasteiger partial charge in [-0.05, 0) is 50.7 Å². The van der Waals surface area contributed by atoms with E-state index >= 15 is 0 Å². The van der Waals surface area contributed by atoms with Crippen molar-refractivity contribution < 1.29 is 9.18 Å². The van der Waals surface area contributed by atoms with E-state index in [1.807, 2.05) is 24.9 Å². The van der Waals surface area contributed by atoms with E-state index in [1.165, 1.54) is 35.4 Å². The summed E-state index contributed by atoms with van der Waals surface area (Å²) in [5, 5.41) is 0. The largest absolute Gasteiger partial charge is 0.292 e. The average Bonchev–Trinajstić information content (AvgIpc) is 2.46. The molecule has 110 valence electrons. The first kappa shape index (κ1) is 15.4. The molecule has 0 aromatic heterocycles. The third-order valence-corrected chi connectivity index (χ3v) is 3.68. The monoisotopic (exact) mass is 285 g/mol. The van der Waals surface area contributed by atoms with Crippen molar-refractivity contribution in [1.29, 1.82) is 0 Å². The van der Waals surface area contributed by atoms with Gasteiger partial charge in [0.05, 0.1) is 6.04 Å². The number of hydrogen-bond donors (Lipinski definition) is 0. The van der Waals surface area contributed by atoms with Gasteiger partial charge in [-0.1, -0.05) is 29.8 Å². The fourth-order valence-corrected chi connectivity index (χ4v) is 2.29. The van der Waals surface area contributed by atoms with Crippen LogP contribution in [0.25, 0.3) is 0 Å². The number of nitrogens with zero attached hydrogens (tertiary/aromatic N) is 1. The van der Waals surface area contributed by atoms with Gasteiger partial charge in [-0.2, -0.15) is 0 Å².